The minimum absolute atomic E-state index is 0.206. The Hall–Kier alpha value is -0.100. The molecule has 0 bridgehead atoms. The summed E-state index contributed by atoms with van der Waals surface area (Å²) in [6.07, 6.45) is 1.22. The first-order chi connectivity index (χ1) is 7.43. The molecule has 1 aliphatic carbocycles. The van der Waals surface area contributed by atoms with Gasteiger partial charge in [0, 0.05) is 15.1 Å². The highest BCUT2D eigenvalue weighted by Crippen LogP contribution is 2.67. The summed E-state index contributed by atoms with van der Waals surface area (Å²) in [7, 11) is 2.70. The van der Waals surface area contributed by atoms with E-state index < -0.39 is 0 Å². The molecule has 0 N–H and O–H groups in total. The largest absolute Gasteiger partial charge is 0.469 e. The number of methoxy groups -OCH3 is 2. The standard InChI is InChI=1S/C10H14Br2O4/c1-15-7(13)3-9(4-8(14)16-2)5-10(9,12)6-11/h3-6H2,1-2H3. The lowest BCUT2D eigenvalue weighted by molar-refractivity contribution is -0.145. The van der Waals surface area contributed by atoms with Gasteiger partial charge in [-0.25, -0.2) is 0 Å². The molecule has 0 saturated heterocycles. The monoisotopic (exact) mass is 356 g/mol. The van der Waals surface area contributed by atoms with Gasteiger partial charge in [-0.15, -0.1) is 0 Å². The molecule has 0 spiro atoms. The molecule has 92 valence electrons. The van der Waals surface area contributed by atoms with E-state index in [0.717, 1.165) is 6.42 Å². The molecule has 4 nitrogen and oxygen atoms in total. The van der Waals surface area contributed by atoms with Gasteiger partial charge in [0.25, 0.3) is 0 Å². The molecule has 0 aliphatic heterocycles. The molecule has 1 saturated carbocycles. The molecule has 1 unspecified atom stereocenters. The Labute approximate surface area is 111 Å². The normalized spacial score (nSPS) is 26.0. The second-order valence-electron chi connectivity index (χ2n) is 4.06. The second-order valence-corrected chi connectivity index (χ2v) is 6.14. The van der Waals surface area contributed by atoms with E-state index in [2.05, 4.69) is 41.3 Å². The first-order valence-electron chi connectivity index (χ1n) is 4.81. The molecule has 1 rings (SSSR count). The van der Waals surface area contributed by atoms with Crippen LogP contribution in [0, 0.1) is 5.41 Å². The Balaban J connectivity index is 2.73. The van der Waals surface area contributed by atoms with Crippen molar-refractivity contribution in [2.75, 3.05) is 19.5 Å². The van der Waals surface area contributed by atoms with Crippen molar-refractivity contribution >= 4 is 43.8 Å². The van der Waals surface area contributed by atoms with Crippen LogP contribution in [0.3, 0.4) is 0 Å². The molecule has 0 aromatic heterocycles. The highest BCUT2D eigenvalue weighted by atomic mass is 79.9. The Morgan fingerprint density at radius 1 is 1.19 bits per heavy atom. The molecule has 0 amide bonds. The van der Waals surface area contributed by atoms with Gasteiger partial charge in [-0.1, -0.05) is 31.9 Å². The number of carbonyl (C=O) groups is 2. The van der Waals surface area contributed by atoms with Gasteiger partial charge >= 0.3 is 11.9 Å². The van der Waals surface area contributed by atoms with E-state index in [4.69, 9.17) is 0 Å². The summed E-state index contributed by atoms with van der Waals surface area (Å²) in [5, 5.41) is 0.688. The van der Waals surface area contributed by atoms with Crippen LogP contribution in [0.4, 0.5) is 0 Å². The molecule has 0 aromatic carbocycles. The van der Waals surface area contributed by atoms with Crippen LogP contribution in [0.2, 0.25) is 0 Å². The van der Waals surface area contributed by atoms with Crippen LogP contribution in [-0.2, 0) is 19.1 Å². The molecule has 1 atom stereocenters. The van der Waals surface area contributed by atoms with Crippen LogP contribution in [-0.4, -0.2) is 35.8 Å². The molecular formula is C10H14Br2O4. The van der Waals surface area contributed by atoms with Crippen LogP contribution < -0.4 is 0 Å². The fourth-order valence-corrected chi connectivity index (χ4v) is 3.49. The Bertz CT molecular complexity index is 287. The van der Waals surface area contributed by atoms with Crippen molar-refractivity contribution in [2.24, 2.45) is 5.41 Å². The average Bonchev–Trinajstić information content (AvgIpc) is 2.83. The van der Waals surface area contributed by atoms with Crippen molar-refractivity contribution in [3.05, 3.63) is 0 Å². The van der Waals surface area contributed by atoms with Gasteiger partial charge in [0.15, 0.2) is 0 Å². The number of hydrogen-bond donors (Lipinski definition) is 0. The topological polar surface area (TPSA) is 52.6 Å². The van der Waals surface area contributed by atoms with Gasteiger partial charge in [-0.2, -0.15) is 0 Å². The Morgan fingerprint density at radius 2 is 1.62 bits per heavy atom. The third-order valence-electron chi connectivity index (χ3n) is 3.08. The fraction of sp³-hybridized carbons (Fsp3) is 0.800. The van der Waals surface area contributed by atoms with E-state index >= 15 is 0 Å². The summed E-state index contributed by atoms with van der Waals surface area (Å²) < 4.78 is 9.10. The van der Waals surface area contributed by atoms with Crippen LogP contribution in [0.15, 0.2) is 0 Å². The van der Waals surface area contributed by atoms with E-state index in [1.807, 2.05) is 0 Å². The predicted molar refractivity (Wildman–Crippen MR) is 65.8 cm³/mol. The Kier molecular flexibility index (Phi) is 4.40. The van der Waals surface area contributed by atoms with Gasteiger partial charge in [-0.05, 0) is 6.42 Å². The summed E-state index contributed by atoms with van der Waals surface area (Å²) in [6.45, 7) is 0. The maximum absolute atomic E-state index is 11.3. The SMILES string of the molecule is COC(=O)CC1(CC(=O)OC)CC1(Br)CBr. The quantitative estimate of drug-likeness (QED) is 0.558. The zero-order valence-electron chi connectivity index (χ0n) is 9.22. The number of halogens is 2. The highest BCUT2D eigenvalue weighted by Gasteiger charge is 2.66. The molecule has 0 radical (unpaired) electrons. The third-order valence-corrected chi connectivity index (χ3v) is 6.19. The predicted octanol–water partition coefficient (Wildman–Crippen LogP) is 2.03. The highest BCUT2D eigenvalue weighted by molar-refractivity contribution is 9.12. The van der Waals surface area contributed by atoms with E-state index in [-0.39, 0.29) is 34.5 Å². The minimum atomic E-state index is -0.378. The van der Waals surface area contributed by atoms with E-state index in [1.54, 1.807) is 0 Å². The lowest BCUT2D eigenvalue weighted by Gasteiger charge is -2.17. The van der Waals surface area contributed by atoms with Crippen LogP contribution >= 0.6 is 31.9 Å². The average molecular weight is 358 g/mol. The van der Waals surface area contributed by atoms with Crippen molar-refractivity contribution in [3.63, 3.8) is 0 Å². The number of esters is 2. The van der Waals surface area contributed by atoms with Crippen molar-refractivity contribution in [3.8, 4) is 0 Å². The summed E-state index contributed by atoms with van der Waals surface area (Å²) >= 11 is 6.95. The molecule has 16 heavy (non-hydrogen) atoms. The number of ether oxygens (including phenoxy) is 2. The van der Waals surface area contributed by atoms with Crippen LogP contribution in [0.5, 0.6) is 0 Å². The van der Waals surface area contributed by atoms with E-state index in [0.29, 0.717) is 5.33 Å². The number of rotatable bonds is 5. The number of hydrogen-bond acceptors (Lipinski definition) is 4. The van der Waals surface area contributed by atoms with E-state index in [1.165, 1.54) is 14.2 Å². The minimum Gasteiger partial charge on any atom is -0.469 e. The summed E-state index contributed by atoms with van der Waals surface area (Å²) in [5.41, 5.74) is -0.378. The lowest BCUT2D eigenvalue weighted by Crippen LogP contribution is -2.24. The second kappa shape index (κ2) is 5.04. The van der Waals surface area contributed by atoms with Crippen molar-refractivity contribution < 1.29 is 19.1 Å². The molecule has 1 fully saturated rings. The Morgan fingerprint density at radius 3 is 1.88 bits per heavy atom. The summed E-state index contributed by atoms with van der Waals surface area (Å²) in [6, 6.07) is 0. The number of alkyl halides is 2. The lowest BCUT2D eigenvalue weighted by atomic mass is 9.95. The molecule has 1 aliphatic rings. The van der Waals surface area contributed by atoms with Gasteiger partial charge in [0.1, 0.15) is 0 Å². The van der Waals surface area contributed by atoms with Crippen molar-refractivity contribution in [1.82, 2.24) is 0 Å². The van der Waals surface area contributed by atoms with E-state index in [9.17, 15) is 9.59 Å². The zero-order chi connectivity index (χ0) is 12.4. The molecule has 0 aromatic rings. The first kappa shape index (κ1) is 14.0. The van der Waals surface area contributed by atoms with Gasteiger partial charge in [0.2, 0.25) is 0 Å². The van der Waals surface area contributed by atoms with Gasteiger partial charge in [0.05, 0.1) is 27.1 Å². The molecular weight excluding hydrogens is 344 g/mol. The summed E-state index contributed by atoms with van der Waals surface area (Å²) in [4.78, 5) is 22.7. The van der Waals surface area contributed by atoms with Crippen molar-refractivity contribution in [1.29, 1.82) is 0 Å². The summed E-state index contributed by atoms with van der Waals surface area (Å²) in [5.74, 6) is -0.600. The van der Waals surface area contributed by atoms with Crippen molar-refractivity contribution in [2.45, 2.75) is 23.6 Å². The number of carbonyl (C=O) groups excluding carboxylic acids is 2. The fourth-order valence-electron chi connectivity index (χ4n) is 1.88. The van der Waals surface area contributed by atoms with Gasteiger partial charge < -0.3 is 9.47 Å². The zero-order valence-corrected chi connectivity index (χ0v) is 12.4. The first-order valence-corrected chi connectivity index (χ1v) is 6.73. The smallest absolute Gasteiger partial charge is 0.306 e. The van der Waals surface area contributed by atoms with Gasteiger partial charge in [-0.3, -0.25) is 9.59 Å². The maximum Gasteiger partial charge on any atom is 0.306 e. The van der Waals surface area contributed by atoms with Crippen LogP contribution in [0.25, 0.3) is 0 Å². The molecule has 0 heterocycles. The molecule has 6 heteroatoms. The maximum atomic E-state index is 11.3. The van der Waals surface area contributed by atoms with Crippen LogP contribution in [0.1, 0.15) is 19.3 Å². The third kappa shape index (κ3) is 2.59.